The molecule has 0 saturated carbocycles. The van der Waals surface area contributed by atoms with E-state index in [9.17, 15) is 4.79 Å². The van der Waals surface area contributed by atoms with Gasteiger partial charge < -0.3 is 10.6 Å². The summed E-state index contributed by atoms with van der Waals surface area (Å²) in [7, 11) is 0. The molecule has 1 amide bonds. The van der Waals surface area contributed by atoms with Gasteiger partial charge in [-0.3, -0.25) is 4.79 Å². The highest BCUT2D eigenvalue weighted by Crippen LogP contribution is 2.23. The van der Waals surface area contributed by atoms with Gasteiger partial charge >= 0.3 is 0 Å². The van der Waals surface area contributed by atoms with Crippen molar-refractivity contribution >= 4 is 54.9 Å². The third-order valence-corrected chi connectivity index (χ3v) is 5.10. The summed E-state index contributed by atoms with van der Waals surface area (Å²) in [5.41, 5.74) is 0.547. The lowest BCUT2D eigenvalue weighted by Crippen LogP contribution is -2.24. The second kappa shape index (κ2) is 7.91. The molecule has 0 aliphatic carbocycles. The highest BCUT2D eigenvalue weighted by molar-refractivity contribution is 9.10. The largest absolute Gasteiger partial charge is 0.369 e. The highest BCUT2D eigenvalue weighted by atomic mass is 79.9. The second-order valence-corrected chi connectivity index (χ2v) is 7.12. The summed E-state index contributed by atoms with van der Waals surface area (Å²) in [5.74, 6) is 0.477. The number of anilines is 1. The summed E-state index contributed by atoms with van der Waals surface area (Å²) in [5, 5.41) is 8.09. The second-order valence-electron chi connectivity index (χ2n) is 4.35. The summed E-state index contributed by atoms with van der Waals surface area (Å²) in [4.78, 5) is 17.7. The van der Waals surface area contributed by atoms with E-state index in [1.54, 1.807) is 23.6 Å². The van der Waals surface area contributed by atoms with E-state index in [-0.39, 0.29) is 5.91 Å². The maximum Gasteiger partial charge on any atom is 0.255 e. The number of halogens is 2. The van der Waals surface area contributed by atoms with E-state index in [0.717, 1.165) is 26.8 Å². The summed E-state index contributed by atoms with van der Waals surface area (Å²) < 4.78 is 1.80. The Morgan fingerprint density at radius 3 is 2.90 bits per heavy atom. The molecule has 0 bridgehead atoms. The first-order chi connectivity index (χ1) is 10.1. The van der Waals surface area contributed by atoms with Crippen molar-refractivity contribution < 1.29 is 4.79 Å². The van der Waals surface area contributed by atoms with Gasteiger partial charge in [0, 0.05) is 26.6 Å². The molecule has 112 valence electrons. The first-order valence-corrected chi connectivity index (χ1v) is 8.98. The molecule has 2 aromatic heterocycles. The monoisotopic (exact) mass is 431 g/mol. The number of carbonyl (C=O) groups excluding carboxylic acids is 1. The van der Waals surface area contributed by atoms with Crippen LogP contribution in [0.4, 0.5) is 5.82 Å². The van der Waals surface area contributed by atoms with Crippen molar-refractivity contribution in [2.75, 3.05) is 11.9 Å². The summed E-state index contributed by atoms with van der Waals surface area (Å²) in [6, 6.07) is 3.75. The molecule has 2 heterocycles. The van der Waals surface area contributed by atoms with Crippen LogP contribution in [0.2, 0.25) is 0 Å². The number of hydrogen-bond donors (Lipinski definition) is 2. The summed E-state index contributed by atoms with van der Waals surface area (Å²) in [6.07, 6.45) is 2.66. The summed E-state index contributed by atoms with van der Waals surface area (Å²) >= 11 is 8.42. The lowest BCUT2D eigenvalue weighted by molar-refractivity contribution is 0.0951. The van der Waals surface area contributed by atoms with Crippen LogP contribution in [-0.2, 0) is 6.54 Å². The number of pyridine rings is 1. The zero-order valence-corrected chi connectivity index (χ0v) is 15.4. The van der Waals surface area contributed by atoms with Gasteiger partial charge in [-0.1, -0.05) is 6.92 Å². The SMILES string of the molecule is CCCNc1ncc(Br)cc1C(=O)NCc1sccc1Br. The first-order valence-electron chi connectivity index (χ1n) is 6.51. The van der Waals surface area contributed by atoms with Crippen LogP contribution in [0.25, 0.3) is 0 Å². The van der Waals surface area contributed by atoms with Crippen molar-refractivity contribution in [1.29, 1.82) is 0 Å². The van der Waals surface area contributed by atoms with Gasteiger partial charge in [0.15, 0.2) is 0 Å². The highest BCUT2D eigenvalue weighted by Gasteiger charge is 2.14. The third kappa shape index (κ3) is 4.52. The predicted molar refractivity (Wildman–Crippen MR) is 93.9 cm³/mol. The van der Waals surface area contributed by atoms with Crippen molar-refractivity contribution in [1.82, 2.24) is 10.3 Å². The molecule has 0 aliphatic heterocycles. The molecule has 0 spiro atoms. The molecule has 0 radical (unpaired) electrons. The van der Waals surface area contributed by atoms with E-state index in [2.05, 4.69) is 54.4 Å². The van der Waals surface area contributed by atoms with Crippen molar-refractivity contribution in [2.24, 2.45) is 0 Å². The molecule has 0 atom stereocenters. The Hall–Kier alpha value is -0.920. The molecule has 21 heavy (non-hydrogen) atoms. The number of aromatic nitrogens is 1. The van der Waals surface area contributed by atoms with Crippen LogP contribution in [0.5, 0.6) is 0 Å². The fourth-order valence-electron chi connectivity index (χ4n) is 1.70. The molecule has 2 rings (SSSR count). The minimum Gasteiger partial charge on any atom is -0.369 e. The predicted octanol–water partition coefficient (Wildman–Crippen LogP) is 4.42. The lowest BCUT2D eigenvalue weighted by atomic mass is 10.2. The molecule has 2 aromatic rings. The lowest BCUT2D eigenvalue weighted by Gasteiger charge is -2.11. The zero-order valence-electron chi connectivity index (χ0n) is 11.5. The van der Waals surface area contributed by atoms with Crippen LogP contribution in [0, 0.1) is 0 Å². The van der Waals surface area contributed by atoms with E-state index in [1.807, 2.05) is 11.4 Å². The van der Waals surface area contributed by atoms with E-state index < -0.39 is 0 Å². The fourth-order valence-corrected chi connectivity index (χ4v) is 3.47. The van der Waals surface area contributed by atoms with Crippen molar-refractivity contribution in [3.8, 4) is 0 Å². The Morgan fingerprint density at radius 1 is 1.43 bits per heavy atom. The van der Waals surface area contributed by atoms with Crippen LogP contribution in [0.15, 0.2) is 32.7 Å². The molecule has 0 fully saturated rings. The van der Waals surface area contributed by atoms with E-state index >= 15 is 0 Å². The first kappa shape index (κ1) is 16.5. The molecule has 0 unspecified atom stereocenters. The van der Waals surface area contributed by atoms with Crippen LogP contribution >= 0.6 is 43.2 Å². The number of nitrogens with zero attached hydrogens (tertiary/aromatic N) is 1. The molecule has 0 aromatic carbocycles. The summed E-state index contributed by atoms with van der Waals surface area (Å²) in [6.45, 7) is 3.35. The quantitative estimate of drug-likeness (QED) is 0.710. The fraction of sp³-hybridized carbons (Fsp3) is 0.286. The number of thiophene rings is 1. The molecular formula is C14H15Br2N3OS. The van der Waals surface area contributed by atoms with Crippen LogP contribution in [-0.4, -0.2) is 17.4 Å². The van der Waals surface area contributed by atoms with Crippen molar-refractivity contribution in [2.45, 2.75) is 19.9 Å². The van der Waals surface area contributed by atoms with Crippen molar-refractivity contribution in [3.05, 3.63) is 43.1 Å². The number of amides is 1. The standard InChI is InChI=1S/C14H15Br2N3OS/c1-2-4-17-13-10(6-9(15)7-18-13)14(20)19-8-12-11(16)3-5-21-12/h3,5-7H,2,4,8H2,1H3,(H,17,18)(H,19,20). The van der Waals surface area contributed by atoms with Crippen molar-refractivity contribution in [3.63, 3.8) is 0 Å². The Bertz CT molecular complexity index is 630. The molecule has 2 N–H and O–H groups in total. The van der Waals surface area contributed by atoms with Crippen LogP contribution < -0.4 is 10.6 Å². The van der Waals surface area contributed by atoms with Crippen LogP contribution in [0.3, 0.4) is 0 Å². The topological polar surface area (TPSA) is 54.0 Å². The number of carbonyl (C=O) groups is 1. The van der Waals surface area contributed by atoms with Gasteiger partial charge in [-0.05, 0) is 55.8 Å². The van der Waals surface area contributed by atoms with E-state index in [4.69, 9.17) is 0 Å². The Kier molecular flexibility index (Phi) is 6.20. The van der Waals surface area contributed by atoms with Gasteiger partial charge in [-0.15, -0.1) is 11.3 Å². The molecule has 4 nitrogen and oxygen atoms in total. The minimum absolute atomic E-state index is 0.136. The Labute approximate surface area is 144 Å². The Morgan fingerprint density at radius 2 is 2.24 bits per heavy atom. The van der Waals surface area contributed by atoms with Gasteiger partial charge in [-0.2, -0.15) is 0 Å². The Balaban J connectivity index is 2.10. The number of rotatable bonds is 6. The normalized spacial score (nSPS) is 10.4. The minimum atomic E-state index is -0.136. The molecular weight excluding hydrogens is 418 g/mol. The average Bonchev–Trinajstić information content (AvgIpc) is 2.88. The number of hydrogen-bond acceptors (Lipinski definition) is 4. The maximum absolute atomic E-state index is 12.4. The van der Waals surface area contributed by atoms with E-state index in [0.29, 0.717) is 17.9 Å². The average molecular weight is 433 g/mol. The maximum atomic E-state index is 12.4. The zero-order chi connectivity index (χ0) is 15.2. The third-order valence-electron chi connectivity index (χ3n) is 2.74. The van der Waals surface area contributed by atoms with Gasteiger partial charge in [-0.25, -0.2) is 4.98 Å². The van der Waals surface area contributed by atoms with Gasteiger partial charge in [0.2, 0.25) is 0 Å². The van der Waals surface area contributed by atoms with Gasteiger partial charge in [0.25, 0.3) is 5.91 Å². The molecule has 0 aliphatic rings. The smallest absolute Gasteiger partial charge is 0.255 e. The van der Waals surface area contributed by atoms with Gasteiger partial charge in [0.05, 0.1) is 12.1 Å². The molecule has 0 saturated heterocycles. The van der Waals surface area contributed by atoms with E-state index in [1.165, 1.54) is 0 Å². The van der Waals surface area contributed by atoms with Crippen LogP contribution in [0.1, 0.15) is 28.6 Å². The molecule has 7 heteroatoms. The number of nitrogens with one attached hydrogen (secondary N) is 2. The van der Waals surface area contributed by atoms with Gasteiger partial charge in [0.1, 0.15) is 5.82 Å².